The molecule has 2 aliphatic heterocycles. The molecule has 0 aliphatic carbocycles. The lowest BCUT2D eigenvalue weighted by Gasteiger charge is -2.32. The molecule has 144 valence electrons. The van der Waals surface area contributed by atoms with E-state index < -0.39 is 0 Å². The maximum Gasteiger partial charge on any atom is 0.317 e. The van der Waals surface area contributed by atoms with Crippen LogP contribution in [0.4, 0.5) is 4.79 Å². The third-order valence-electron chi connectivity index (χ3n) is 5.51. The molecule has 2 amide bonds. The van der Waals surface area contributed by atoms with Crippen LogP contribution in [0.3, 0.4) is 0 Å². The average molecular weight is 360 g/mol. The average Bonchev–Trinajstić information content (AvgIpc) is 2.70. The maximum atomic E-state index is 12.1. The highest BCUT2D eigenvalue weighted by molar-refractivity contribution is 5.74. The Balaban J connectivity index is 1.52. The molecular weight excluding hydrogens is 326 g/mol. The molecular formula is C21H33N3O2. The number of nitrogens with zero attached hydrogens (tertiary/aromatic N) is 2. The number of hydrogen-bond acceptors (Lipinski definition) is 3. The first-order chi connectivity index (χ1) is 12.7. The Morgan fingerprint density at radius 1 is 1.19 bits per heavy atom. The largest absolute Gasteiger partial charge is 0.492 e. The van der Waals surface area contributed by atoms with Gasteiger partial charge in [-0.05, 0) is 69.0 Å². The minimum atomic E-state index is 0.0492. The summed E-state index contributed by atoms with van der Waals surface area (Å²) in [5, 5.41) is 2.97. The van der Waals surface area contributed by atoms with Crippen LogP contribution >= 0.6 is 0 Å². The molecule has 2 aliphatic rings. The zero-order valence-electron chi connectivity index (χ0n) is 16.3. The maximum absolute atomic E-state index is 12.1. The van der Waals surface area contributed by atoms with Gasteiger partial charge in [-0.15, -0.1) is 0 Å². The highest BCUT2D eigenvalue weighted by Gasteiger charge is 2.21. The normalized spacial score (nSPS) is 18.9. The molecule has 2 heterocycles. The minimum absolute atomic E-state index is 0.0492. The Morgan fingerprint density at radius 2 is 2.00 bits per heavy atom. The monoisotopic (exact) mass is 359 g/mol. The summed E-state index contributed by atoms with van der Waals surface area (Å²) in [4.78, 5) is 16.6. The van der Waals surface area contributed by atoms with E-state index in [1.165, 1.54) is 43.5 Å². The predicted molar refractivity (Wildman–Crippen MR) is 105 cm³/mol. The van der Waals surface area contributed by atoms with Crippen LogP contribution in [-0.2, 0) is 13.0 Å². The number of rotatable bonds is 6. The topological polar surface area (TPSA) is 44.8 Å². The molecule has 5 heteroatoms. The minimum Gasteiger partial charge on any atom is -0.492 e. The molecule has 1 unspecified atom stereocenters. The summed E-state index contributed by atoms with van der Waals surface area (Å²) in [6, 6.07) is 6.85. The lowest BCUT2D eigenvalue weighted by atomic mass is 9.99. The van der Waals surface area contributed by atoms with Gasteiger partial charge in [0, 0.05) is 25.7 Å². The smallest absolute Gasteiger partial charge is 0.317 e. The van der Waals surface area contributed by atoms with E-state index in [9.17, 15) is 4.79 Å². The molecule has 0 aromatic heterocycles. The number of ether oxygens (including phenoxy) is 1. The zero-order valence-corrected chi connectivity index (χ0v) is 16.3. The van der Waals surface area contributed by atoms with E-state index in [4.69, 9.17) is 4.74 Å². The van der Waals surface area contributed by atoms with Crippen molar-refractivity contribution in [3.63, 3.8) is 0 Å². The Bertz CT molecular complexity index is 599. The number of carbonyl (C=O) groups is 1. The Kier molecular flexibility index (Phi) is 6.78. The van der Waals surface area contributed by atoms with Gasteiger partial charge in [-0.3, -0.25) is 4.90 Å². The van der Waals surface area contributed by atoms with Crippen molar-refractivity contribution in [1.82, 2.24) is 15.1 Å². The van der Waals surface area contributed by atoms with Crippen molar-refractivity contribution in [1.29, 1.82) is 0 Å². The van der Waals surface area contributed by atoms with Gasteiger partial charge in [-0.25, -0.2) is 4.79 Å². The first kappa shape index (κ1) is 19.0. The van der Waals surface area contributed by atoms with Crippen molar-refractivity contribution >= 4 is 6.03 Å². The number of nitrogens with one attached hydrogen (secondary N) is 1. The van der Waals surface area contributed by atoms with Crippen LogP contribution < -0.4 is 10.1 Å². The molecule has 0 bridgehead atoms. The summed E-state index contributed by atoms with van der Waals surface area (Å²) < 4.78 is 6.08. The number of hydrogen-bond donors (Lipinski definition) is 1. The van der Waals surface area contributed by atoms with E-state index in [0.29, 0.717) is 12.6 Å². The summed E-state index contributed by atoms with van der Waals surface area (Å²) in [5.74, 6) is 0.955. The van der Waals surface area contributed by atoms with Gasteiger partial charge < -0.3 is 15.0 Å². The molecule has 1 atom stereocenters. The van der Waals surface area contributed by atoms with Gasteiger partial charge >= 0.3 is 6.03 Å². The Labute approximate surface area is 157 Å². The van der Waals surface area contributed by atoms with E-state index in [1.807, 2.05) is 4.90 Å². The standard InChI is InChI=1S/C21H33N3O2/c1-3-10-22-21(25)24-13-9-18-14-20(8-7-19(18)15-24)26-16-17(2)23-11-5-4-6-12-23/h7-8,14,17H,3-6,9-13,15-16H2,1-2H3,(H,22,25). The van der Waals surface area contributed by atoms with Crippen molar-refractivity contribution in [3.05, 3.63) is 29.3 Å². The van der Waals surface area contributed by atoms with Crippen molar-refractivity contribution in [2.75, 3.05) is 32.8 Å². The van der Waals surface area contributed by atoms with Gasteiger partial charge in [-0.2, -0.15) is 0 Å². The van der Waals surface area contributed by atoms with Crippen molar-refractivity contribution in [2.24, 2.45) is 0 Å². The fourth-order valence-electron chi connectivity index (χ4n) is 3.82. The van der Waals surface area contributed by atoms with Gasteiger partial charge in [0.1, 0.15) is 12.4 Å². The molecule has 1 N–H and O–H groups in total. The number of piperidine rings is 1. The Hall–Kier alpha value is -1.75. The Morgan fingerprint density at radius 3 is 2.77 bits per heavy atom. The summed E-state index contributed by atoms with van der Waals surface area (Å²) >= 11 is 0. The first-order valence-electron chi connectivity index (χ1n) is 10.2. The molecule has 26 heavy (non-hydrogen) atoms. The molecule has 1 aromatic rings. The van der Waals surface area contributed by atoms with E-state index in [1.54, 1.807) is 0 Å². The second-order valence-electron chi connectivity index (χ2n) is 7.59. The van der Waals surface area contributed by atoms with E-state index in [0.717, 1.165) is 38.3 Å². The fourth-order valence-corrected chi connectivity index (χ4v) is 3.82. The van der Waals surface area contributed by atoms with Crippen LogP contribution in [0, 0.1) is 0 Å². The fraction of sp³-hybridized carbons (Fsp3) is 0.667. The van der Waals surface area contributed by atoms with Gasteiger partial charge in [0.2, 0.25) is 0 Å². The molecule has 1 fully saturated rings. The number of benzene rings is 1. The summed E-state index contributed by atoms with van der Waals surface area (Å²) in [6.07, 6.45) is 5.85. The van der Waals surface area contributed by atoms with E-state index in [-0.39, 0.29) is 6.03 Å². The van der Waals surface area contributed by atoms with Crippen molar-refractivity contribution in [3.8, 4) is 5.75 Å². The highest BCUT2D eigenvalue weighted by Crippen LogP contribution is 2.24. The third-order valence-corrected chi connectivity index (χ3v) is 5.51. The van der Waals surface area contributed by atoms with Crippen LogP contribution in [0.15, 0.2) is 18.2 Å². The lowest BCUT2D eigenvalue weighted by Crippen LogP contribution is -2.43. The summed E-state index contributed by atoms with van der Waals surface area (Å²) in [6.45, 7) is 9.67. The lowest BCUT2D eigenvalue weighted by molar-refractivity contribution is 0.125. The number of likely N-dealkylation sites (tertiary alicyclic amines) is 1. The van der Waals surface area contributed by atoms with Crippen LogP contribution in [0.5, 0.6) is 5.75 Å². The van der Waals surface area contributed by atoms with E-state index >= 15 is 0 Å². The first-order valence-corrected chi connectivity index (χ1v) is 10.2. The van der Waals surface area contributed by atoms with Gasteiger partial charge in [0.25, 0.3) is 0 Å². The molecule has 1 aromatic carbocycles. The number of urea groups is 1. The number of fused-ring (bicyclic) bond motifs is 1. The van der Waals surface area contributed by atoms with Gasteiger partial charge in [0.05, 0.1) is 0 Å². The van der Waals surface area contributed by atoms with Gasteiger partial charge in [-0.1, -0.05) is 19.4 Å². The van der Waals surface area contributed by atoms with Crippen molar-refractivity contribution < 1.29 is 9.53 Å². The van der Waals surface area contributed by atoms with Gasteiger partial charge in [0.15, 0.2) is 0 Å². The number of amides is 2. The van der Waals surface area contributed by atoms with Crippen LogP contribution in [0.25, 0.3) is 0 Å². The summed E-state index contributed by atoms with van der Waals surface area (Å²) in [7, 11) is 0. The summed E-state index contributed by atoms with van der Waals surface area (Å²) in [5.41, 5.74) is 2.55. The SMILES string of the molecule is CCCNC(=O)N1CCc2cc(OCC(C)N3CCCCC3)ccc2C1. The third kappa shape index (κ3) is 4.91. The molecule has 0 radical (unpaired) electrons. The van der Waals surface area contributed by atoms with Crippen molar-refractivity contribution in [2.45, 2.75) is 58.5 Å². The van der Waals surface area contributed by atoms with Crippen LogP contribution in [-0.4, -0.2) is 54.7 Å². The predicted octanol–water partition coefficient (Wildman–Crippen LogP) is 3.42. The molecule has 1 saturated heterocycles. The molecule has 0 saturated carbocycles. The zero-order chi connectivity index (χ0) is 18.4. The van der Waals surface area contributed by atoms with Crippen LogP contribution in [0.1, 0.15) is 50.7 Å². The second kappa shape index (κ2) is 9.26. The number of carbonyl (C=O) groups excluding carboxylic acids is 1. The molecule has 0 spiro atoms. The quantitative estimate of drug-likeness (QED) is 0.846. The van der Waals surface area contributed by atoms with Crippen LogP contribution in [0.2, 0.25) is 0 Å². The second-order valence-corrected chi connectivity index (χ2v) is 7.59. The van der Waals surface area contributed by atoms with E-state index in [2.05, 4.69) is 42.3 Å². The molecule has 3 rings (SSSR count). The molecule has 5 nitrogen and oxygen atoms in total. The highest BCUT2D eigenvalue weighted by atomic mass is 16.5.